The number of aromatic nitrogens is 2. The van der Waals surface area contributed by atoms with Crippen LogP contribution in [0.25, 0.3) is 6.08 Å². The van der Waals surface area contributed by atoms with Crippen LogP contribution in [0, 0.1) is 0 Å². The largest absolute Gasteiger partial charge is 0.478 e. The molecule has 0 aliphatic carbocycles. The van der Waals surface area contributed by atoms with E-state index in [1.807, 2.05) is 6.07 Å². The molecular formula is C19H22N4O2. The molecule has 0 saturated carbocycles. The third-order valence-electron chi connectivity index (χ3n) is 4.25. The Labute approximate surface area is 147 Å². The zero-order valence-electron chi connectivity index (χ0n) is 14.0. The van der Waals surface area contributed by atoms with E-state index in [0.717, 1.165) is 44.4 Å². The molecule has 1 saturated heterocycles. The minimum Gasteiger partial charge on any atom is -0.478 e. The number of carboxylic acid groups (broad SMARTS) is 1. The Bertz CT molecular complexity index is 716. The van der Waals surface area contributed by atoms with E-state index in [-0.39, 0.29) is 0 Å². The Hall–Kier alpha value is -2.73. The molecule has 1 aromatic carbocycles. The third-order valence-corrected chi connectivity index (χ3v) is 4.25. The molecule has 1 atom stereocenters. The lowest BCUT2D eigenvalue weighted by molar-refractivity contribution is -0.131. The first-order chi connectivity index (χ1) is 12.2. The van der Waals surface area contributed by atoms with Gasteiger partial charge in [0.2, 0.25) is 0 Å². The van der Waals surface area contributed by atoms with Gasteiger partial charge in [-0.15, -0.1) is 0 Å². The minimum atomic E-state index is -0.995. The quantitative estimate of drug-likeness (QED) is 0.754. The van der Waals surface area contributed by atoms with Crippen LogP contribution >= 0.6 is 0 Å². The van der Waals surface area contributed by atoms with E-state index in [2.05, 4.69) is 44.5 Å². The van der Waals surface area contributed by atoms with Crippen molar-refractivity contribution in [2.45, 2.75) is 18.9 Å². The Morgan fingerprint density at radius 2 is 2.12 bits per heavy atom. The van der Waals surface area contributed by atoms with E-state index in [0.29, 0.717) is 11.7 Å². The molecule has 0 amide bonds. The van der Waals surface area contributed by atoms with Crippen LogP contribution in [-0.4, -0.2) is 51.6 Å². The van der Waals surface area contributed by atoms with Gasteiger partial charge in [0.05, 0.1) is 18.1 Å². The van der Waals surface area contributed by atoms with Crippen LogP contribution in [-0.2, 0) is 11.2 Å². The number of nitrogens with one attached hydrogen (secondary N) is 1. The number of aliphatic carboxylic acids is 1. The molecule has 1 aliphatic heterocycles. The van der Waals surface area contributed by atoms with Gasteiger partial charge in [-0.3, -0.25) is 4.98 Å². The smallest absolute Gasteiger partial charge is 0.328 e. The molecular weight excluding hydrogens is 316 g/mol. The molecule has 2 N–H and O–H groups in total. The molecule has 1 aromatic heterocycles. The highest BCUT2D eigenvalue weighted by atomic mass is 16.4. The maximum Gasteiger partial charge on any atom is 0.328 e. The van der Waals surface area contributed by atoms with Gasteiger partial charge in [0, 0.05) is 31.8 Å². The van der Waals surface area contributed by atoms with E-state index >= 15 is 0 Å². The van der Waals surface area contributed by atoms with E-state index in [9.17, 15) is 4.79 Å². The third kappa shape index (κ3) is 5.39. The summed E-state index contributed by atoms with van der Waals surface area (Å²) < 4.78 is 0. The van der Waals surface area contributed by atoms with Crippen molar-refractivity contribution in [1.82, 2.24) is 14.9 Å². The van der Waals surface area contributed by atoms with Crippen LogP contribution in [0.1, 0.15) is 17.7 Å². The number of anilines is 1. The van der Waals surface area contributed by atoms with Gasteiger partial charge in [0.15, 0.2) is 0 Å². The lowest BCUT2D eigenvalue weighted by atomic mass is 10.1. The summed E-state index contributed by atoms with van der Waals surface area (Å²) in [4.78, 5) is 21.5. The molecule has 0 spiro atoms. The van der Waals surface area contributed by atoms with Crippen molar-refractivity contribution in [2.75, 3.05) is 25.0 Å². The molecule has 1 aliphatic rings. The predicted molar refractivity (Wildman–Crippen MR) is 97.3 cm³/mol. The van der Waals surface area contributed by atoms with Crippen molar-refractivity contribution >= 4 is 17.9 Å². The second-order valence-electron chi connectivity index (χ2n) is 6.16. The van der Waals surface area contributed by atoms with Crippen molar-refractivity contribution in [3.63, 3.8) is 0 Å². The van der Waals surface area contributed by atoms with Crippen molar-refractivity contribution in [3.05, 3.63) is 60.1 Å². The molecule has 0 bridgehead atoms. The van der Waals surface area contributed by atoms with Gasteiger partial charge in [-0.05, 0) is 24.5 Å². The number of carboxylic acids is 1. The molecule has 130 valence electrons. The molecule has 3 rings (SSSR count). The first-order valence-electron chi connectivity index (χ1n) is 8.45. The standard InChI is InChI=1S/C19H22N4O2/c24-19(25)7-6-16-12-21-18(13-20-16)22-17-9-11-23(14-17)10-8-15-4-2-1-3-5-15/h1-7,12-13,17H,8-11,14H2,(H,21,22)(H,24,25)/t17-/m1/s1. The van der Waals surface area contributed by atoms with E-state index < -0.39 is 5.97 Å². The Morgan fingerprint density at radius 3 is 2.84 bits per heavy atom. The van der Waals surface area contributed by atoms with Crippen LogP contribution < -0.4 is 5.32 Å². The summed E-state index contributed by atoms with van der Waals surface area (Å²) in [6.07, 6.45) is 7.85. The van der Waals surface area contributed by atoms with Crippen LogP contribution in [0.3, 0.4) is 0 Å². The fraction of sp³-hybridized carbons (Fsp3) is 0.316. The number of hydrogen-bond donors (Lipinski definition) is 2. The van der Waals surface area contributed by atoms with Crippen molar-refractivity contribution in [2.24, 2.45) is 0 Å². The number of hydrogen-bond acceptors (Lipinski definition) is 5. The highest BCUT2D eigenvalue weighted by Gasteiger charge is 2.22. The maximum atomic E-state index is 10.5. The summed E-state index contributed by atoms with van der Waals surface area (Å²) in [6, 6.07) is 10.9. The van der Waals surface area contributed by atoms with E-state index in [1.165, 1.54) is 11.6 Å². The summed E-state index contributed by atoms with van der Waals surface area (Å²) in [7, 11) is 0. The van der Waals surface area contributed by atoms with Crippen molar-refractivity contribution < 1.29 is 9.90 Å². The number of benzene rings is 1. The molecule has 1 fully saturated rings. The molecule has 6 nitrogen and oxygen atoms in total. The second kappa shape index (κ2) is 8.39. The average Bonchev–Trinajstić information content (AvgIpc) is 3.08. The van der Waals surface area contributed by atoms with Crippen LogP contribution in [0.15, 0.2) is 48.8 Å². The van der Waals surface area contributed by atoms with E-state index in [1.54, 1.807) is 12.4 Å². The number of nitrogens with zero attached hydrogens (tertiary/aromatic N) is 3. The monoisotopic (exact) mass is 338 g/mol. The van der Waals surface area contributed by atoms with Crippen molar-refractivity contribution in [1.29, 1.82) is 0 Å². The zero-order valence-corrected chi connectivity index (χ0v) is 14.0. The van der Waals surface area contributed by atoms with Crippen LogP contribution in [0.5, 0.6) is 0 Å². The van der Waals surface area contributed by atoms with Gasteiger partial charge >= 0.3 is 5.97 Å². The average molecular weight is 338 g/mol. The Kier molecular flexibility index (Phi) is 5.74. The van der Waals surface area contributed by atoms with Gasteiger partial charge in [-0.2, -0.15) is 0 Å². The van der Waals surface area contributed by atoms with Gasteiger partial charge in [0.1, 0.15) is 5.82 Å². The van der Waals surface area contributed by atoms with Gasteiger partial charge < -0.3 is 15.3 Å². The SMILES string of the molecule is O=C(O)C=Cc1cnc(N[C@@H]2CCN(CCc3ccccc3)C2)cn1. The second-order valence-corrected chi connectivity index (χ2v) is 6.16. The molecule has 25 heavy (non-hydrogen) atoms. The highest BCUT2D eigenvalue weighted by molar-refractivity contribution is 5.84. The fourth-order valence-corrected chi connectivity index (χ4v) is 2.95. The molecule has 2 heterocycles. The van der Waals surface area contributed by atoms with E-state index in [4.69, 9.17) is 5.11 Å². The first-order valence-corrected chi connectivity index (χ1v) is 8.45. The predicted octanol–water partition coefficient (Wildman–Crippen LogP) is 2.30. The minimum absolute atomic E-state index is 0.366. The summed E-state index contributed by atoms with van der Waals surface area (Å²) in [5.74, 6) is -0.270. The summed E-state index contributed by atoms with van der Waals surface area (Å²) in [5, 5.41) is 12.0. The summed E-state index contributed by atoms with van der Waals surface area (Å²) in [5.41, 5.74) is 1.90. The van der Waals surface area contributed by atoms with Crippen molar-refractivity contribution in [3.8, 4) is 0 Å². The lowest BCUT2D eigenvalue weighted by Crippen LogP contribution is -2.28. The van der Waals surface area contributed by atoms with Crippen LogP contribution in [0.2, 0.25) is 0 Å². The maximum absolute atomic E-state index is 10.5. The lowest BCUT2D eigenvalue weighted by Gasteiger charge is -2.17. The zero-order chi connectivity index (χ0) is 17.5. The molecule has 6 heteroatoms. The number of carbonyl (C=O) groups is 1. The number of likely N-dealkylation sites (tertiary alicyclic amines) is 1. The van der Waals surface area contributed by atoms with Crippen LogP contribution in [0.4, 0.5) is 5.82 Å². The normalized spacial score (nSPS) is 17.8. The Balaban J connectivity index is 1.45. The molecule has 0 radical (unpaired) electrons. The highest BCUT2D eigenvalue weighted by Crippen LogP contribution is 2.15. The summed E-state index contributed by atoms with van der Waals surface area (Å²) in [6.45, 7) is 3.14. The fourth-order valence-electron chi connectivity index (χ4n) is 2.95. The van der Waals surface area contributed by atoms with Gasteiger partial charge in [0.25, 0.3) is 0 Å². The topological polar surface area (TPSA) is 78.3 Å². The summed E-state index contributed by atoms with van der Waals surface area (Å²) >= 11 is 0. The van der Waals surface area contributed by atoms with Gasteiger partial charge in [-0.25, -0.2) is 9.78 Å². The first kappa shape index (κ1) is 17.1. The molecule has 0 unspecified atom stereocenters. The Morgan fingerprint density at radius 1 is 1.28 bits per heavy atom. The molecule has 2 aromatic rings. The van der Waals surface area contributed by atoms with Gasteiger partial charge in [-0.1, -0.05) is 30.3 Å². The number of rotatable bonds is 7.